The van der Waals surface area contributed by atoms with Gasteiger partial charge in [0.25, 0.3) is 5.91 Å². The van der Waals surface area contributed by atoms with E-state index in [1.807, 2.05) is 12.1 Å². The summed E-state index contributed by atoms with van der Waals surface area (Å²) in [6.45, 7) is 2.52. The summed E-state index contributed by atoms with van der Waals surface area (Å²) in [5.74, 6) is 1.19. The van der Waals surface area contributed by atoms with E-state index in [0.717, 1.165) is 12.5 Å². The van der Waals surface area contributed by atoms with E-state index in [0.29, 0.717) is 43.4 Å². The molecule has 7 nitrogen and oxygen atoms in total. The predicted octanol–water partition coefficient (Wildman–Crippen LogP) is 2.40. The molecule has 1 heterocycles. The van der Waals surface area contributed by atoms with Gasteiger partial charge in [-0.15, -0.1) is 0 Å². The number of amides is 2. The summed E-state index contributed by atoms with van der Waals surface area (Å²) in [6, 6.07) is 7.59. The van der Waals surface area contributed by atoms with Crippen molar-refractivity contribution in [1.82, 2.24) is 15.1 Å². The van der Waals surface area contributed by atoms with Crippen LogP contribution in [-0.2, 0) is 4.79 Å². The van der Waals surface area contributed by atoms with E-state index < -0.39 is 6.04 Å². The normalized spacial score (nSPS) is 24.0. The van der Waals surface area contributed by atoms with Crippen molar-refractivity contribution >= 4 is 11.8 Å². The van der Waals surface area contributed by atoms with E-state index in [1.54, 1.807) is 24.1 Å². The molecule has 1 saturated heterocycles. The van der Waals surface area contributed by atoms with E-state index in [1.165, 1.54) is 44.9 Å². The number of ether oxygens (including phenoxy) is 1. The molecule has 2 unspecified atom stereocenters. The molecule has 32 heavy (non-hydrogen) atoms. The summed E-state index contributed by atoms with van der Waals surface area (Å²) in [4.78, 5) is 30.9. The molecule has 4 rings (SSSR count). The molecule has 3 N–H and O–H groups in total. The molecule has 1 aromatic carbocycles. The lowest BCUT2D eigenvalue weighted by atomic mass is 9.88. The third-order valence-corrected chi connectivity index (χ3v) is 7.28. The van der Waals surface area contributed by atoms with Crippen molar-refractivity contribution in [3.63, 3.8) is 0 Å². The topological polar surface area (TPSA) is 87.9 Å². The van der Waals surface area contributed by atoms with Gasteiger partial charge in [0.2, 0.25) is 5.91 Å². The lowest BCUT2D eigenvalue weighted by Crippen LogP contribution is -2.47. The second-order valence-electron chi connectivity index (χ2n) is 9.61. The highest BCUT2D eigenvalue weighted by Gasteiger charge is 2.45. The Morgan fingerprint density at radius 2 is 1.94 bits per heavy atom. The molecule has 0 aromatic heterocycles. The fraction of sp³-hybridized carbons (Fsp3) is 0.680. The first kappa shape index (κ1) is 23.1. The zero-order valence-corrected chi connectivity index (χ0v) is 19.3. The highest BCUT2D eigenvalue weighted by Crippen LogP contribution is 2.36. The van der Waals surface area contributed by atoms with Crippen LogP contribution < -0.4 is 15.8 Å². The van der Waals surface area contributed by atoms with E-state index in [9.17, 15) is 9.59 Å². The van der Waals surface area contributed by atoms with Crippen LogP contribution in [0.1, 0.15) is 61.7 Å². The summed E-state index contributed by atoms with van der Waals surface area (Å²) < 4.78 is 5.31. The van der Waals surface area contributed by atoms with Gasteiger partial charge in [-0.3, -0.25) is 14.5 Å². The van der Waals surface area contributed by atoms with Gasteiger partial charge in [-0.2, -0.15) is 0 Å². The van der Waals surface area contributed by atoms with Crippen molar-refractivity contribution in [3.8, 4) is 5.75 Å². The quantitative estimate of drug-likeness (QED) is 0.613. The predicted molar refractivity (Wildman–Crippen MR) is 125 cm³/mol. The van der Waals surface area contributed by atoms with Crippen LogP contribution in [0.5, 0.6) is 5.75 Å². The molecule has 7 heteroatoms. The molecule has 2 aliphatic carbocycles. The standard InChI is InChI=1S/C25H38N4O3/c1-32-22-9-5-8-19(14-22)25(31)29-17-21(15-23(29)24(30)27-13-12-26)28(20-10-11-20)16-18-6-3-2-4-7-18/h5,8-9,14,18,20-21,23H,2-4,6-7,10-13,15-17,26H2,1H3,(H,27,30). The van der Waals surface area contributed by atoms with Gasteiger partial charge in [0.15, 0.2) is 0 Å². The maximum absolute atomic E-state index is 13.5. The molecule has 0 spiro atoms. The number of benzene rings is 1. The molecule has 2 atom stereocenters. The SMILES string of the molecule is COc1cccc(C(=O)N2CC(N(CC3CCCCC3)C3CC3)CC2C(=O)NCCN)c1. The Kier molecular flexibility index (Phi) is 7.68. The number of carbonyl (C=O) groups is 2. The number of nitrogens with one attached hydrogen (secondary N) is 1. The molecule has 3 fully saturated rings. The Morgan fingerprint density at radius 3 is 2.62 bits per heavy atom. The lowest BCUT2D eigenvalue weighted by molar-refractivity contribution is -0.124. The van der Waals surface area contributed by atoms with Gasteiger partial charge in [0.1, 0.15) is 11.8 Å². The van der Waals surface area contributed by atoms with E-state index in [4.69, 9.17) is 10.5 Å². The van der Waals surface area contributed by atoms with Gasteiger partial charge in [-0.25, -0.2) is 0 Å². The molecule has 3 aliphatic rings. The smallest absolute Gasteiger partial charge is 0.254 e. The summed E-state index contributed by atoms with van der Waals surface area (Å²) in [5.41, 5.74) is 6.17. The molecule has 2 amide bonds. The third-order valence-electron chi connectivity index (χ3n) is 7.28. The number of nitrogens with zero attached hydrogens (tertiary/aromatic N) is 2. The van der Waals surface area contributed by atoms with Crippen molar-refractivity contribution in [2.24, 2.45) is 11.7 Å². The van der Waals surface area contributed by atoms with E-state index in [2.05, 4.69) is 10.2 Å². The number of rotatable bonds is 9. The zero-order valence-electron chi connectivity index (χ0n) is 19.3. The fourth-order valence-corrected chi connectivity index (χ4v) is 5.43. The fourth-order valence-electron chi connectivity index (χ4n) is 5.43. The first-order valence-corrected chi connectivity index (χ1v) is 12.3. The van der Waals surface area contributed by atoms with Crippen LogP contribution in [-0.4, -0.2) is 73.0 Å². The van der Waals surface area contributed by atoms with E-state index >= 15 is 0 Å². The van der Waals surface area contributed by atoms with Crippen LogP contribution in [0, 0.1) is 5.92 Å². The summed E-state index contributed by atoms with van der Waals surface area (Å²) in [6.07, 6.45) is 9.79. The highest BCUT2D eigenvalue weighted by molar-refractivity contribution is 5.98. The maximum atomic E-state index is 13.5. The molecular formula is C25H38N4O3. The van der Waals surface area contributed by atoms with Crippen LogP contribution in [0.2, 0.25) is 0 Å². The van der Waals surface area contributed by atoms with Gasteiger partial charge < -0.3 is 20.7 Å². The minimum absolute atomic E-state index is 0.0948. The summed E-state index contributed by atoms with van der Waals surface area (Å²) >= 11 is 0. The number of nitrogens with two attached hydrogens (primary N) is 1. The number of likely N-dealkylation sites (tertiary alicyclic amines) is 1. The van der Waals surface area contributed by atoms with Crippen LogP contribution in [0.4, 0.5) is 0 Å². The summed E-state index contributed by atoms with van der Waals surface area (Å²) in [7, 11) is 1.59. The van der Waals surface area contributed by atoms with Crippen molar-refractivity contribution in [1.29, 1.82) is 0 Å². The second-order valence-corrected chi connectivity index (χ2v) is 9.61. The molecule has 2 saturated carbocycles. The first-order valence-electron chi connectivity index (χ1n) is 12.3. The minimum atomic E-state index is -0.460. The maximum Gasteiger partial charge on any atom is 0.254 e. The monoisotopic (exact) mass is 442 g/mol. The van der Waals surface area contributed by atoms with Gasteiger partial charge in [-0.05, 0) is 56.2 Å². The Labute approximate surface area is 191 Å². The number of hydrogen-bond acceptors (Lipinski definition) is 5. The van der Waals surface area contributed by atoms with Crippen molar-refractivity contribution in [3.05, 3.63) is 29.8 Å². The lowest BCUT2D eigenvalue weighted by Gasteiger charge is -2.34. The van der Waals surface area contributed by atoms with Gasteiger partial charge >= 0.3 is 0 Å². The number of methoxy groups -OCH3 is 1. The summed E-state index contributed by atoms with van der Waals surface area (Å²) in [5, 5.41) is 2.92. The van der Waals surface area contributed by atoms with Gasteiger partial charge in [0, 0.05) is 43.8 Å². The van der Waals surface area contributed by atoms with Crippen molar-refractivity contribution < 1.29 is 14.3 Å². The van der Waals surface area contributed by atoms with Crippen molar-refractivity contribution in [2.45, 2.75) is 69.5 Å². The van der Waals surface area contributed by atoms with Crippen LogP contribution in [0.25, 0.3) is 0 Å². The largest absolute Gasteiger partial charge is 0.497 e. The number of carbonyl (C=O) groups excluding carboxylic acids is 2. The molecule has 176 valence electrons. The molecule has 0 radical (unpaired) electrons. The minimum Gasteiger partial charge on any atom is -0.497 e. The Balaban J connectivity index is 1.52. The Morgan fingerprint density at radius 1 is 1.16 bits per heavy atom. The molecule has 0 bridgehead atoms. The zero-order chi connectivity index (χ0) is 22.5. The average Bonchev–Trinajstić information content (AvgIpc) is 3.58. The number of hydrogen-bond donors (Lipinski definition) is 2. The Hall–Kier alpha value is -2.12. The average molecular weight is 443 g/mol. The second kappa shape index (κ2) is 10.7. The van der Waals surface area contributed by atoms with Crippen molar-refractivity contribution in [2.75, 3.05) is 33.3 Å². The highest BCUT2D eigenvalue weighted by atomic mass is 16.5. The first-order chi connectivity index (χ1) is 15.6. The van der Waals surface area contributed by atoms with Crippen LogP contribution >= 0.6 is 0 Å². The van der Waals surface area contributed by atoms with Crippen LogP contribution in [0.3, 0.4) is 0 Å². The molecular weight excluding hydrogens is 404 g/mol. The van der Waals surface area contributed by atoms with Crippen LogP contribution in [0.15, 0.2) is 24.3 Å². The van der Waals surface area contributed by atoms with Gasteiger partial charge in [0.05, 0.1) is 7.11 Å². The third kappa shape index (κ3) is 5.44. The molecule has 1 aliphatic heterocycles. The van der Waals surface area contributed by atoms with E-state index in [-0.39, 0.29) is 17.9 Å². The molecule has 1 aromatic rings. The Bertz CT molecular complexity index is 791. The van der Waals surface area contributed by atoms with Gasteiger partial charge in [-0.1, -0.05) is 25.3 Å².